The number of hydrogen-bond acceptors (Lipinski definition) is 4. The Morgan fingerprint density at radius 3 is 2.94 bits per heavy atom. The monoisotopic (exact) mass is 432 g/mol. The van der Waals surface area contributed by atoms with Gasteiger partial charge in [-0.15, -0.1) is 0 Å². The third kappa shape index (κ3) is 3.93. The first kappa shape index (κ1) is 19.8. The van der Waals surface area contributed by atoms with E-state index in [1.165, 1.54) is 5.56 Å². The smallest absolute Gasteiger partial charge is 0.251 e. The molecule has 0 radical (unpaired) electrons. The number of aryl methyl sites for hydroxylation is 1. The number of carbonyl (C=O) groups excluding carboxylic acids is 2. The van der Waals surface area contributed by atoms with Gasteiger partial charge in [0.15, 0.2) is 4.96 Å². The van der Waals surface area contributed by atoms with Crippen molar-refractivity contribution in [2.45, 2.75) is 26.2 Å². The zero-order chi connectivity index (χ0) is 21.4. The van der Waals surface area contributed by atoms with Crippen LogP contribution in [0.2, 0.25) is 0 Å². The second-order valence-electron chi connectivity index (χ2n) is 8.03. The van der Waals surface area contributed by atoms with Crippen LogP contribution < -0.4 is 5.32 Å². The minimum Gasteiger partial charge on any atom is -0.352 e. The molecule has 2 amide bonds. The number of carbonyl (C=O) groups is 2. The summed E-state index contributed by atoms with van der Waals surface area (Å²) in [6.45, 7) is 4.20. The second-order valence-corrected chi connectivity index (χ2v) is 9.04. The van der Waals surface area contributed by atoms with E-state index in [0.29, 0.717) is 25.1 Å². The van der Waals surface area contributed by atoms with Gasteiger partial charge >= 0.3 is 0 Å². The van der Waals surface area contributed by atoms with Gasteiger partial charge in [-0.25, -0.2) is 4.98 Å². The van der Waals surface area contributed by atoms with Crippen LogP contribution in [0.4, 0.5) is 0 Å². The molecule has 1 fully saturated rings. The van der Waals surface area contributed by atoms with Crippen molar-refractivity contribution >= 4 is 38.3 Å². The maximum Gasteiger partial charge on any atom is 0.251 e. The predicted molar refractivity (Wildman–Crippen MR) is 124 cm³/mol. The van der Waals surface area contributed by atoms with Gasteiger partial charge in [0.25, 0.3) is 5.91 Å². The molecule has 2 aromatic carbocycles. The number of benzene rings is 2. The van der Waals surface area contributed by atoms with Gasteiger partial charge in [-0.2, -0.15) is 0 Å². The van der Waals surface area contributed by atoms with Gasteiger partial charge in [-0.3, -0.25) is 14.0 Å². The second kappa shape index (κ2) is 8.15. The molecule has 1 aliphatic rings. The normalized spacial score (nSPS) is 14.1. The fourth-order valence-corrected chi connectivity index (χ4v) is 5.15. The summed E-state index contributed by atoms with van der Waals surface area (Å²) in [6, 6.07) is 14.1. The molecule has 0 spiro atoms. The van der Waals surface area contributed by atoms with Crippen molar-refractivity contribution in [1.82, 2.24) is 19.6 Å². The van der Waals surface area contributed by atoms with Crippen LogP contribution in [0.25, 0.3) is 26.4 Å². The highest BCUT2D eigenvalue weighted by Gasteiger charge is 2.19. The molecule has 158 valence electrons. The Hall–Kier alpha value is -3.19. The Balaban J connectivity index is 1.28. The number of fused-ring (bicyclic) bond motifs is 3. The Morgan fingerprint density at radius 1 is 1.23 bits per heavy atom. The highest BCUT2D eigenvalue weighted by atomic mass is 32.1. The molecular formula is C24H24N4O2S. The first-order chi connectivity index (χ1) is 15.1. The fourth-order valence-electron chi connectivity index (χ4n) is 4.10. The minimum absolute atomic E-state index is 0.0823. The molecule has 0 bridgehead atoms. The molecule has 1 N–H and O–H groups in total. The lowest BCUT2D eigenvalue weighted by molar-refractivity contribution is -0.127. The molecule has 5 rings (SSSR count). The summed E-state index contributed by atoms with van der Waals surface area (Å²) in [5.74, 6) is 0.145. The first-order valence-corrected chi connectivity index (χ1v) is 11.4. The molecule has 1 aliphatic heterocycles. The van der Waals surface area contributed by atoms with Crippen LogP contribution in [0.3, 0.4) is 0 Å². The summed E-state index contributed by atoms with van der Waals surface area (Å²) in [7, 11) is 0. The van der Waals surface area contributed by atoms with Crippen molar-refractivity contribution in [3.63, 3.8) is 0 Å². The van der Waals surface area contributed by atoms with Gasteiger partial charge in [-0.05, 0) is 44.0 Å². The highest BCUT2D eigenvalue weighted by molar-refractivity contribution is 7.23. The van der Waals surface area contributed by atoms with Crippen LogP contribution >= 0.6 is 11.3 Å². The number of imidazole rings is 1. The summed E-state index contributed by atoms with van der Waals surface area (Å²) in [5, 5.41) is 2.97. The van der Waals surface area contributed by atoms with Crippen molar-refractivity contribution in [2.75, 3.05) is 19.6 Å². The Morgan fingerprint density at radius 2 is 2.13 bits per heavy atom. The number of aromatic nitrogens is 2. The van der Waals surface area contributed by atoms with Gasteiger partial charge in [0.05, 0.1) is 15.9 Å². The number of hydrogen-bond donors (Lipinski definition) is 1. The third-order valence-corrected chi connectivity index (χ3v) is 6.75. The number of nitrogens with one attached hydrogen (secondary N) is 1. The summed E-state index contributed by atoms with van der Waals surface area (Å²) in [6.07, 6.45) is 4.43. The van der Waals surface area contributed by atoms with E-state index in [4.69, 9.17) is 4.98 Å². The van der Waals surface area contributed by atoms with Crippen molar-refractivity contribution < 1.29 is 9.59 Å². The molecule has 3 heterocycles. The molecule has 0 unspecified atom stereocenters. The summed E-state index contributed by atoms with van der Waals surface area (Å²) in [4.78, 5) is 31.8. The highest BCUT2D eigenvalue weighted by Crippen LogP contribution is 2.30. The zero-order valence-electron chi connectivity index (χ0n) is 17.4. The van der Waals surface area contributed by atoms with Crippen LogP contribution in [0.5, 0.6) is 0 Å². The van der Waals surface area contributed by atoms with Crippen molar-refractivity contribution in [3.05, 3.63) is 59.8 Å². The number of rotatable bonds is 6. The maximum atomic E-state index is 12.6. The average molecular weight is 433 g/mol. The topological polar surface area (TPSA) is 66.7 Å². The molecule has 0 saturated carbocycles. The lowest BCUT2D eigenvalue weighted by Gasteiger charge is -2.15. The number of thiazole rings is 1. The fraction of sp³-hybridized carbons (Fsp3) is 0.292. The third-order valence-electron chi connectivity index (χ3n) is 5.73. The van der Waals surface area contributed by atoms with Gasteiger partial charge < -0.3 is 10.2 Å². The van der Waals surface area contributed by atoms with E-state index in [2.05, 4.69) is 41.0 Å². The van der Waals surface area contributed by atoms with E-state index in [1.807, 2.05) is 29.2 Å². The van der Waals surface area contributed by atoms with E-state index < -0.39 is 0 Å². The van der Waals surface area contributed by atoms with Gasteiger partial charge in [0.2, 0.25) is 5.91 Å². The average Bonchev–Trinajstić information content (AvgIpc) is 3.45. The Bertz CT molecular complexity index is 1290. The molecule has 4 aromatic rings. The SMILES string of the molecule is Cc1cccc(-c2cn3c(n2)sc2cc(C(=O)NCCCN4CCCC4=O)ccc23)c1. The lowest BCUT2D eigenvalue weighted by atomic mass is 10.1. The van der Waals surface area contributed by atoms with E-state index in [9.17, 15) is 9.59 Å². The molecule has 0 aliphatic carbocycles. The summed E-state index contributed by atoms with van der Waals surface area (Å²) in [5.41, 5.74) is 4.97. The molecule has 7 heteroatoms. The summed E-state index contributed by atoms with van der Waals surface area (Å²) < 4.78 is 3.13. The molecule has 31 heavy (non-hydrogen) atoms. The Kier molecular flexibility index (Phi) is 5.19. The number of likely N-dealkylation sites (tertiary alicyclic amines) is 1. The molecule has 6 nitrogen and oxygen atoms in total. The van der Waals surface area contributed by atoms with Crippen LogP contribution in [0.1, 0.15) is 35.2 Å². The predicted octanol–water partition coefficient (Wildman–Crippen LogP) is 4.27. The lowest BCUT2D eigenvalue weighted by Crippen LogP contribution is -2.30. The van der Waals surface area contributed by atoms with Crippen LogP contribution in [-0.4, -0.2) is 45.7 Å². The van der Waals surface area contributed by atoms with Gasteiger partial charge in [-0.1, -0.05) is 35.1 Å². The maximum absolute atomic E-state index is 12.6. The summed E-state index contributed by atoms with van der Waals surface area (Å²) >= 11 is 1.59. The largest absolute Gasteiger partial charge is 0.352 e. The van der Waals surface area contributed by atoms with E-state index in [-0.39, 0.29) is 11.8 Å². The van der Waals surface area contributed by atoms with Gasteiger partial charge in [0, 0.05) is 43.4 Å². The van der Waals surface area contributed by atoms with E-state index >= 15 is 0 Å². The quantitative estimate of drug-likeness (QED) is 0.463. The molecule has 0 atom stereocenters. The molecule has 2 aromatic heterocycles. The number of nitrogens with zero attached hydrogens (tertiary/aromatic N) is 3. The minimum atomic E-state index is -0.0823. The van der Waals surface area contributed by atoms with Crippen molar-refractivity contribution in [3.8, 4) is 11.3 Å². The first-order valence-electron chi connectivity index (χ1n) is 10.6. The van der Waals surface area contributed by atoms with Crippen molar-refractivity contribution in [2.24, 2.45) is 0 Å². The van der Waals surface area contributed by atoms with E-state index in [0.717, 1.165) is 45.8 Å². The molecule has 1 saturated heterocycles. The Labute approximate surface area is 184 Å². The van der Waals surface area contributed by atoms with Crippen LogP contribution in [0, 0.1) is 6.92 Å². The molecular weight excluding hydrogens is 408 g/mol. The van der Waals surface area contributed by atoms with E-state index in [1.54, 1.807) is 11.3 Å². The van der Waals surface area contributed by atoms with Crippen LogP contribution in [0.15, 0.2) is 48.7 Å². The van der Waals surface area contributed by atoms with Crippen molar-refractivity contribution in [1.29, 1.82) is 0 Å². The number of amides is 2. The standard InChI is InChI=1S/C24H24N4O2S/c1-16-5-2-6-17(13-16)19-15-28-20-9-8-18(14-21(20)31-24(28)26-19)23(30)25-10-4-12-27-11-3-7-22(27)29/h2,5-6,8-9,13-15H,3-4,7,10-12H2,1H3,(H,25,30). The van der Waals surface area contributed by atoms with Crippen LogP contribution in [-0.2, 0) is 4.79 Å². The zero-order valence-corrected chi connectivity index (χ0v) is 18.2. The van der Waals surface area contributed by atoms with Gasteiger partial charge in [0.1, 0.15) is 0 Å².